The molecule has 0 radical (unpaired) electrons. The SMILES string of the molecule is CSc1ccc(Cl)c(C(=O)NCc2cccc(S(=O)(=O)NCc3cccc(F)c3)c2)c1. The minimum absolute atomic E-state index is 0.0364. The number of amides is 1. The summed E-state index contributed by atoms with van der Waals surface area (Å²) in [5.41, 5.74) is 1.48. The third-order valence-corrected chi connectivity index (χ3v) is 6.89. The molecule has 0 heterocycles. The van der Waals surface area contributed by atoms with Crippen molar-refractivity contribution in [3.63, 3.8) is 0 Å². The van der Waals surface area contributed by atoms with E-state index < -0.39 is 15.8 Å². The van der Waals surface area contributed by atoms with E-state index >= 15 is 0 Å². The van der Waals surface area contributed by atoms with Gasteiger partial charge in [0, 0.05) is 18.0 Å². The van der Waals surface area contributed by atoms with Crippen LogP contribution in [0.1, 0.15) is 21.5 Å². The van der Waals surface area contributed by atoms with Gasteiger partial charge in [-0.05, 0) is 59.8 Å². The molecule has 3 aromatic carbocycles. The second kappa shape index (κ2) is 10.3. The van der Waals surface area contributed by atoms with Crippen LogP contribution in [-0.2, 0) is 23.1 Å². The number of carbonyl (C=O) groups is 1. The fourth-order valence-corrected chi connectivity index (χ4v) is 4.54. The molecule has 0 atom stereocenters. The molecule has 3 rings (SSSR count). The van der Waals surface area contributed by atoms with Crippen LogP contribution in [0.5, 0.6) is 0 Å². The fourth-order valence-electron chi connectivity index (χ4n) is 2.81. The van der Waals surface area contributed by atoms with Crippen LogP contribution in [0, 0.1) is 5.82 Å². The molecule has 0 aliphatic carbocycles. The lowest BCUT2D eigenvalue weighted by Gasteiger charge is -2.11. The molecular formula is C22H20ClFN2O3S2. The Kier molecular flexibility index (Phi) is 7.72. The maximum absolute atomic E-state index is 13.3. The van der Waals surface area contributed by atoms with E-state index in [2.05, 4.69) is 10.0 Å². The monoisotopic (exact) mass is 478 g/mol. The molecule has 0 fully saturated rings. The Hall–Kier alpha value is -2.39. The number of rotatable bonds is 8. The van der Waals surface area contributed by atoms with E-state index in [9.17, 15) is 17.6 Å². The quantitative estimate of drug-likeness (QED) is 0.463. The molecule has 2 N–H and O–H groups in total. The first-order valence-corrected chi connectivity index (χ1v) is 12.3. The largest absolute Gasteiger partial charge is 0.348 e. The van der Waals surface area contributed by atoms with Gasteiger partial charge >= 0.3 is 0 Å². The number of hydrogen-bond donors (Lipinski definition) is 2. The van der Waals surface area contributed by atoms with Gasteiger partial charge in [0.15, 0.2) is 0 Å². The molecule has 0 spiro atoms. The number of sulfonamides is 1. The van der Waals surface area contributed by atoms with E-state index in [4.69, 9.17) is 11.6 Å². The van der Waals surface area contributed by atoms with Gasteiger partial charge in [-0.3, -0.25) is 4.79 Å². The van der Waals surface area contributed by atoms with Crippen molar-refractivity contribution in [2.24, 2.45) is 0 Å². The van der Waals surface area contributed by atoms with Gasteiger partial charge < -0.3 is 5.32 Å². The zero-order chi connectivity index (χ0) is 22.4. The first-order chi connectivity index (χ1) is 14.8. The van der Waals surface area contributed by atoms with Crippen LogP contribution in [0.25, 0.3) is 0 Å². The number of halogens is 2. The predicted molar refractivity (Wildman–Crippen MR) is 121 cm³/mol. The minimum Gasteiger partial charge on any atom is -0.348 e. The molecule has 0 unspecified atom stereocenters. The molecule has 0 saturated heterocycles. The Balaban J connectivity index is 1.67. The first kappa shape index (κ1) is 23.3. The van der Waals surface area contributed by atoms with E-state index in [0.29, 0.717) is 21.7 Å². The van der Waals surface area contributed by atoms with E-state index in [1.807, 2.05) is 12.3 Å². The molecule has 162 valence electrons. The van der Waals surface area contributed by atoms with Gasteiger partial charge in [-0.15, -0.1) is 11.8 Å². The van der Waals surface area contributed by atoms with Crippen molar-refractivity contribution < 1.29 is 17.6 Å². The van der Waals surface area contributed by atoms with E-state index in [1.54, 1.807) is 30.3 Å². The predicted octanol–water partition coefficient (Wildman–Crippen LogP) is 4.61. The maximum atomic E-state index is 13.3. The van der Waals surface area contributed by atoms with Gasteiger partial charge in [-0.25, -0.2) is 17.5 Å². The number of hydrogen-bond acceptors (Lipinski definition) is 4. The Morgan fingerprint density at radius 1 is 1.00 bits per heavy atom. The molecular weight excluding hydrogens is 459 g/mol. The van der Waals surface area contributed by atoms with Crippen molar-refractivity contribution in [1.29, 1.82) is 0 Å². The lowest BCUT2D eigenvalue weighted by atomic mass is 10.2. The Morgan fingerprint density at radius 2 is 1.71 bits per heavy atom. The van der Waals surface area contributed by atoms with Crippen molar-refractivity contribution in [2.45, 2.75) is 22.9 Å². The summed E-state index contributed by atoms with van der Waals surface area (Å²) < 4.78 is 40.9. The normalized spacial score (nSPS) is 11.3. The van der Waals surface area contributed by atoms with Crippen LogP contribution in [0.4, 0.5) is 4.39 Å². The second-order valence-electron chi connectivity index (χ2n) is 6.63. The first-order valence-electron chi connectivity index (χ1n) is 9.23. The van der Waals surface area contributed by atoms with E-state index in [0.717, 1.165) is 4.90 Å². The molecule has 3 aromatic rings. The zero-order valence-electron chi connectivity index (χ0n) is 16.6. The summed E-state index contributed by atoms with van der Waals surface area (Å²) in [5.74, 6) is -0.781. The number of carbonyl (C=O) groups excluding carboxylic acids is 1. The van der Waals surface area contributed by atoms with Crippen molar-refractivity contribution in [3.8, 4) is 0 Å². The second-order valence-corrected chi connectivity index (χ2v) is 9.68. The molecule has 5 nitrogen and oxygen atoms in total. The summed E-state index contributed by atoms with van der Waals surface area (Å²) in [6, 6.07) is 17.2. The van der Waals surface area contributed by atoms with Crippen LogP contribution in [-0.4, -0.2) is 20.6 Å². The molecule has 0 aromatic heterocycles. The van der Waals surface area contributed by atoms with Crippen LogP contribution in [0.15, 0.2) is 76.5 Å². The Labute approximate surface area is 190 Å². The standard InChI is InChI=1S/C22H20ClFN2O3S2/c1-30-18-8-9-21(23)20(12-18)22(27)25-13-16-5-3-7-19(11-16)31(28,29)26-14-15-4-2-6-17(24)10-15/h2-12,26H,13-14H2,1H3,(H,25,27). The highest BCUT2D eigenvalue weighted by atomic mass is 35.5. The molecule has 0 aliphatic rings. The number of thioether (sulfide) groups is 1. The van der Waals surface area contributed by atoms with Crippen LogP contribution in [0.3, 0.4) is 0 Å². The van der Waals surface area contributed by atoms with Gasteiger partial charge in [0.1, 0.15) is 5.82 Å². The highest BCUT2D eigenvalue weighted by molar-refractivity contribution is 7.98. The van der Waals surface area contributed by atoms with Gasteiger partial charge in [-0.1, -0.05) is 35.9 Å². The molecule has 31 heavy (non-hydrogen) atoms. The Morgan fingerprint density at radius 3 is 2.42 bits per heavy atom. The third-order valence-electron chi connectivity index (χ3n) is 4.44. The van der Waals surface area contributed by atoms with Gasteiger partial charge in [0.2, 0.25) is 10.0 Å². The number of benzene rings is 3. The summed E-state index contributed by atoms with van der Waals surface area (Å²) in [7, 11) is -3.81. The third kappa shape index (κ3) is 6.30. The zero-order valence-corrected chi connectivity index (χ0v) is 19.0. The summed E-state index contributed by atoms with van der Waals surface area (Å²) >= 11 is 7.63. The van der Waals surface area contributed by atoms with Crippen LogP contribution in [0.2, 0.25) is 5.02 Å². The molecule has 0 bridgehead atoms. The molecule has 9 heteroatoms. The maximum Gasteiger partial charge on any atom is 0.253 e. The molecule has 0 saturated carbocycles. The lowest BCUT2D eigenvalue weighted by Crippen LogP contribution is -2.25. The van der Waals surface area contributed by atoms with Crippen molar-refractivity contribution >= 4 is 39.3 Å². The average molecular weight is 479 g/mol. The summed E-state index contributed by atoms with van der Waals surface area (Å²) in [5, 5.41) is 3.10. The topological polar surface area (TPSA) is 75.3 Å². The van der Waals surface area contributed by atoms with Gasteiger partial charge in [-0.2, -0.15) is 0 Å². The van der Waals surface area contributed by atoms with Crippen molar-refractivity contribution in [2.75, 3.05) is 6.26 Å². The Bertz CT molecular complexity index is 1200. The van der Waals surface area contributed by atoms with Crippen molar-refractivity contribution in [3.05, 3.63) is 94.3 Å². The van der Waals surface area contributed by atoms with Crippen LogP contribution >= 0.6 is 23.4 Å². The van der Waals surface area contributed by atoms with Gasteiger partial charge in [0.25, 0.3) is 5.91 Å². The van der Waals surface area contributed by atoms with Crippen molar-refractivity contribution in [1.82, 2.24) is 10.0 Å². The fraction of sp³-hybridized carbons (Fsp3) is 0.136. The summed E-state index contributed by atoms with van der Waals surface area (Å²) in [6.45, 7) is 0.0945. The lowest BCUT2D eigenvalue weighted by molar-refractivity contribution is 0.0951. The molecule has 0 aliphatic heterocycles. The molecule has 1 amide bonds. The van der Waals surface area contributed by atoms with E-state index in [-0.39, 0.29) is 23.9 Å². The smallest absolute Gasteiger partial charge is 0.253 e. The summed E-state index contributed by atoms with van der Waals surface area (Å²) in [6.07, 6.45) is 1.90. The highest BCUT2D eigenvalue weighted by Crippen LogP contribution is 2.23. The van der Waals surface area contributed by atoms with Crippen LogP contribution < -0.4 is 10.0 Å². The summed E-state index contributed by atoms with van der Waals surface area (Å²) in [4.78, 5) is 13.5. The van der Waals surface area contributed by atoms with E-state index in [1.165, 1.54) is 42.1 Å². The van der Waals surface area contributed by atoms with Gasteiger partial charge in [0.05, 0.1) is 15.5 Å². The minimum atomic E-state index is -3.81. The number of nitrogens with one attached hydrogen (secondary N) is 2. The average Bonchev–Trinajstić information content (AvgIpc) is 2.77. The highest BCUT2D eigenvalue weighted by Gasteiger charge is 2.15.